The number of rotatable bonds is 5. The molecule has 1 fully saturated rings. The van der Waals surface area contributed by atoms with Gasteiger partial charge in [-0.15, -0.1) is 0 Å². The van der Waals surface area contributed by atoms with Crippen LogP contribution in [0.4, 0.5) is 4.39 Å². The Kier molecular flexibility index (Phi) is 5.05. The molecule has 0 unspecified atom stereocenters. The van der Waals surface area contributed by atoms with Gasteiger partial charge in [0.05, 0.1) is 6.61 Å². The number of hydrogen-bond donors (Lipinski definition) is 3. The number of aliphatic hydroxyl groups is 1. The van der Waals surface area contributed by atoms with Gasteiger partial charge in [-0.1, -0.05) is 0 Å². The normalized spacial score (nSPS) is 17.3. The fraction of sp³-hybridized carbons (Fsp3) is 0.500. The van der Waals surface area contributed by atoms with E-state index >= 15 is 0 Å². The summed E-state index contributed by atoms with van der Waals surface area (Å²) in [6.45, 7) is 5.17. The predicted octanol–water partition coefficient (Wildman–Crippen LogP) is 0.220. The van der Waals surface area contributed by atoms with Crippen molar-refractivity contribution in [1.29, 1.82) is 5.41 Å². The van der Waals surface area contributed by atoms with Crippen molar-refractivity contribution in [2.75, 3.05) is 39.3 Å². The minimum Gasteiger partial charge on any atom is -0.395 e. The summed E-state index contributed by atoms with van der Waals surface area (Å²) >= 11 is 0. The molecule has 1 saturated heterocycles. The van der Waals surface area contributed by atoms with E-state index in [2.05, 4.69) is 9.80 Å². The number of β-amino-alcohol motifs (C(OH)–C–C–N with tert-alkyl or cyclic N) is 1. The summed E-state index contributed by atoms with van der Waals surface area (Å²) in [5.74, 6) is -0.467. The molecule has 110 valence electrons. The quantitative estimate of drug-likeness (QED) is 0.533. The van der Waals surface area contributed by atoms with Crippen molar-refractivity contribution < 1.29 is 9.50 Å². The van der Waals surface area contributed by atoms with E-state index < -0.39 is 0 Å². The lowest BCUT2D eigenvalue weighted by Crippen LogP contribution is -2.46. The summed E-state index contributed by atoms with van der Waals surface area (Å²) < 4.78 is 13.5. The third kappa shape index (κ3) is 4.00. The molecule has 2 rings (SSSR count). The summed E-state index contributed by atoms with van der Waals surface area (Å²) in [4.78, 5) is 4.45. The van der Waals surface area contributed by atoms with Crippen molar-refractivity contribution in [3.05, 3.63) is 35.1 Å². The Morgan fingerprint density at radius 1 is 1.20 bits per heavy atom. The molecule has 1 aromatic rings. The molecule has 20 heavy (non-hydrogen) atoms. The fourth-order valence-corrected chi connectivity index (χ4v) is 2.47. The van der Waals surface area contributed by atoms with Gasteiger partial charge in [0.25, 0.3) is 0 Å². The predicted molar refractivity (Wildman–Crippen MR) is 76.2 cm³/mol. The Labute approximate surface area is 118 Å². The minimum absolute atomic E-state index is 0.112. The van der Waals surface area contributed by atoms with Crippen molar-refractivity contribution in [3.63, 3.8) is 0 Å². The molecule has 1 aromatic carbocycles. The first kappa shape index (κ1) is 14.9. The van der Waals surface area contributed by atoms with E-state index in [4.69, 9.17) is 16.2 Å². The minimum atomic E-state index is -0.355. The van der Waals surface area contributed by atoms with Crippen LogP contribution >= 0.6 is 0 Å². The molecule has 6 heteroatoms. The van der Waals surface area contributed by atoms with E-state index in [1.807, 2.05) is 0 Å². The lowest BCUT2D eigenvalue weighted by Gasteiger charge is -2.34. The molecule has 0 atom stereocenters. The van der Waals surface area contributed by atoms with Gasteiger partial charge in [0, 0.05) is 44.8 Å². The zero-order chi connectivity index (χ0) is 14.5. The summed E-state index contributed by atoms with van der Waals surface area (Å²) in [6.07, 6.45) is 0. The summed E-state index contributed by atoms with van der Waals surface area (Å²) in [6, 6.07) is 4.54. The van der Waals surface area contributed by atoms with E-state index in [1.54, 1.807) is 6.07 Å². The van der Waals surface area contributed by atoms with Gasteiger partial charge in [-0.2, -0.15) is 0 Å². The smallest absolute Gasteiger partial charge is 0.124 e. The van der Waals surface area contributed by atoms with Crippen LogP contribution in [0.25, 0.3) is 0 Å². The third-order valence-electron chi connectivity index (χ3n) is 3.56. The lowest BCUT2D eigenvalue weighted by molar-refractivity contribution is 0.108. The van der Waals surface area contributed by atoms with Crippen molar-refractivity contribution in [3.8, 4) is 0 Å². The molecule has 0 aliphatic carbocycles. The second-order valence-corrected chi connectivity index (χ2v) is 5.10. The molecule has 0 saturated carbocycles. The van der Waals surface area contributed by atoms with Gasteiger partial charge in [0.2, 0.25) is 0 Å². The molecule has 0 aromatic heterocycles. The molecular weight excluding hydrogens is 259 g/mol. The number of piperazine rings is 1. The average Bonchev–Trinajstić information content (AvgIpc) is 2.40. The van der Waals surface area contributed by atoms with Crippen LogP contribution in [0, 0.1) is 11.2 Å². The second-order valence-electron chi connectivity index (χ2n) is 5.10. The summed E-state index contributed by atoms with van der Waals surface area (Å²) in [7, 11) is 0. The number of amidine groups is 1. The molecule has 1 heterocycles. The number of benzene rings is 1. The van der Waals surface area contributed by atoms with E-state index in [0.29, 0.717) is 18.7 Å². The van der Waals surface area contributed by atoms with Gasteiger partial charge in [-0.05, 0) is 23.8 Å². The van der Waals surface area contributed by atoms with Crippen molar-refractivity contribution in [2.24, 2.45) is 5.73 Å². The molecule has 0 spiro atoms. The van der Waals surface area contributed by atoms with Gasteiger partial charge in [0.15, 0.2) is 0 Å². The van der Waals surface area contributed by atoms with Crippen molar-refractivity contribution in [2.45, 2.75) is 6.54 Å². The maximum Gasteiger partial charge on any atom is 0.124 e. The van der Waals surface area contributed by atoms with Gasteiger partial charge in [-0.3, -0.25) is 15.2 Å². The number of nitrogens with one attached hydrogen (secondary N) is 1. The van der Waals surface area contributed by atoms with Gasteiger partial charge >= 0.3 is 0 Å². The van der Waals surface area contributed by atoms with E-state index in [0.717, 1.165) is 31.7 Å². The molecule has 0 radical (unpaired) electrons. The summed E-state index contributed by atoms with van der Waals surface area (Å²) in [5.41, 5.74) is 6.68. The zero-order valence-electron chi connectivity index (χ0n) is 11.5. The van der Waals surface area contributed by atoms with Crippen LogP contribution in [0.5, 0.6) is 0 Å². The molecule has 0 amide bonds. The van der Waals surface area contributed by atoms with Crippen LogP contribution in [-0.4, -0.2) is 60.1 Å². The first-order chi connectivity index (χ1) is 9.58. The largest absolute Gasteiger partial charge is 0.395 e. The van der Waals surface area contributed by atoms with Crippen LogP contribution in [0.15, 0.2) is 18.2 Å². The Balaban J connectivity index is 1.96. The Morgan fingerprint density at radius 2 is 1.85 bits per heavy atom. The molecule has 1 aliphatic rings. The van der Waals surface area contributed by atoms with Crippen molar-refractivity contribution in [1.82, 2.24) is 9.80 Å². The Hall–Kier alpha value is -1.50. The number of nitrogens with two attached hydrogens (primary N) is 1. The second kappa shape index (κ2) is 6.78. The molecular formula is C14H21FN4O. The summed E-state index contributed by atoms with van der Waals surface area (Å²) in [5, 5.41) is 16.3. The number of aliphatic hydroxyl groups excluding tert-OH is 1. The highest BCUT2D eigenvalue weighted by Gasteiger charge is 2.16. The monoisotopic (exact) mass is 280 g/mol. The van der Waals surface area contributed by atoms with Gasteiger partial charge < -0.3 is 10.8 Å². The topological polar surface area (TPSA) is 76.6 Å². The Morgan fingerprint density at radius 3 is 2.45 bits per heavy atom. The molecule has 0 bridgehead atoms. The standard InChI is InChI=1S/C14H21FN4O/c15-13-8-11(7-12(9-13)14(16)17)10-19-3-1-18(2-4-19)5-6-20/h7-9,20H,1-6,10H2,(H3,16,17). The third-order valence-corrected chi connectivity index (χ3v) is 3.56. The molecule has 5 nitrogen and oxygen atoms in total. The van der Waals surface area contributed by atoms with Crippen molar-refractivity contribution >= 4 is 5.84 Å². The highest BCUT2D eigenvalue weighted by atomic mass is 19.1. The Bertz CT molecular complexity index is 472. The highest BCUT2D eigenvalue weighted by molar-refractivity contribution is 5.95. The number of halogens is 1. The molecule has 4 N–H and O–H groups in total. The van der Waals surface area contributed by atoms with E-state index in [9.17, 15) is 4.39 Å². The van der Waals surface area contributed by atoms with Crippen LogP contribution < -0.4 is 5.73 Å². The number of nitrogens with zero attached hydrogens (tertiary/aromatic N) is 2. The van der Waals surface area contributed by atoms with E-state index in [1.165, 1.54) is 12.1 Å². The van der Waals surface area contributed by atoms with E-state index in [-0.39, 0.29) is 18.3 Å². The highest BCUT2D eigenvalue weighted by Crippen LogP contribution is 2.13. The first-order valence-electron chi connectivity index (χ1n) is 6.78. The average molecular weight is 280 g/mol. The fourth-order valence-electron chi connectivity index (χ4n) is 2.47. The number of nitrogen functional groups attached to an aromatic ring is 1. The first-order valence-corrected chi connectivity index (χ1v) is 6.78. The number of hydrogen-bond acceptors (Lipinski definition) is 4. The van der Waals surface area contributed by atoms with Crippen LogP contribution in [0.1, 0.15) is 11.1 Å². The van der Waals surface area contributed by atoms with Crippen LogP contribution in [0.3, 0.4) is 0 Å². The zero-order valence-corrected chi connectivity index (χ0v) is 11.5. The molecule has 1 aliphatic heterocycles. The lowest BCUT2D eigenvalue weighted by atomic mass is 10.1. The van der Waals surface area contributed by atoms with Crippen LogP contribution in [-0.2, 0) is 6.54 Å². The van der Waals surface area contributed by atoms with Gasteiger partial charge in [-0.25, -0.2) is 4.39 Å². The van der Waals surface area contributed by atoms with Gasteiger partial charge in [0.1, 0.15) is 11.7 Å². The van der Waals surface area contributed by atoms with Crippen LogP contribution in [0.2, 0.25) is 0 Å². The maximum atomic E-state index is 13.5. The maximum absolute atomic E-state index is 13.5. The SMILES string of the molecule is N=C(N)c1cc(F)cc(CN2CCN(CCO)CC2)c1.